The van der Waals surface area contributed by atoms with Gasteiger partial charge in [0, 0.05) is 54.9 Å². The lowest BCUT2D eigenvalue weighted by atomic mass is 10.1. The molecule has 5 aromatic rings. The normalized spacial score (nSPS) is 11.1. The minimum absolute atomic E-state index is 0.212. The fourth-order valence-electron chi connectivity index (χ4n) is 4.16. The van der Waals surface area contributed by atoms with Gasteiger partial charge >= 0.3 is 0 Å². The lowest BCUT2D eigenvalue weighted by molar-refractivity contribution is 0.103. The van der Waals surface area contributed by atoms with E-state index in [2.05, 4.69) is 41.2 Å². The molecule has 40 heavy (non-hydrogen) atoms. The Balaban J connectivity index is 1.20. The fraction of sp³-hybridized carbons (Fsp3) is 0.138. The van der Waals surface area contributed by atoms with Crippen LogP contribution in [0.1, 0.15) is 27.5 Å². The summed E-state index contributed by atoms with van der Waals surface area (Å²) in [6.07, 6.45) is 8.74. The van der Waals surface area contributed by atoms with Gasteiger partial charge in [0.1, 0.15) is 10.7 Å². The van der Waals surface area contributed by atoms with Gasteiger partial charge in [-0.1, -0.05) is 24.3 Å². The van der Waals surface area contributed by atoms with Gasteiger partial charge in [0.2, 0.25) is 5.96 Å². The van der Waals surface area contributed by atoms with Gasteiger partial charge in [0.25, 0.3) is 5.91 Å². The highest BCUT2D eigenvalue weighted by Gasteiger charge is 2.14. The smallest absolute Gasteiger partial charge is 0.267 e. The van der Waals surface area contributed by atoms with Crippen LogP contribution in [0.15, 0.2) is 89.6 Å². The Morgan fingerprint density at radius 1 is 1.02 bits per heavy atom. The number of pyridine rings is 1. The molecule has 11 heteroatoms. The number of aliphatic imine (C=N–C) groups is 1. The third-order valence-corrected chi connectivity index (χ3v) is 6.95. The van der Waals surface area contributed by atoms with Crippen LogP contribution in [0.5, 0.6) is 0 Å². The molecular formula is C29H27N9OS. The lowest BCUT2D eigenvalue weighted by Crippen LogP contribution is -2.27. The summed E-state index contributed by atoms with van der Waals surface area (Å²) in [5, 5.41) is 24.2. The molecule has 0 aliphatic rings. The number of fused-ring (bicyclic) bond motifs is 1. The predicted octanol–water partition coefficient (Wildman–Crippen LogP) is 5.36. The summed E-state index contributed by atoms with van der Waals surface area (Å²) in [7, 11) is 0. The van der Waals surface area contributed by atoms with Crippen molar-refractivity contribution < 1.29 is 4.79 Å². The molecule has 0 spiro atoms. The number of aromatic nitrogens is 3. The molecule has 10 nitrogen and oxygen atoms in total. The number of carbonyl (C=O) groups excluding carboxylic acids is 1. The number of thiophene rings is 1. The van der Waals surface area contributed by atoms with E-state index in [0.29, 0.717) is 35.3 Å². The highest BCUT2D eigenvalue weighted by Crippen LogP contribution is 2.26. The van der Waals surface area contributed by atoms with E-state index in [1.807, 2.05) is 66.2 Å². The largest absolute Gasteiger partial charge is 0.380 e. The van der Waals surface area contributed by atoms with Crippen molar-refractivity contribution in [2.45, 2.75) is 19.4 Å². The van der Waals surface area contributed by atoms with Crippen molar-refractivity contribution in [3.8, 4) is 6.19 Å². The van der Waals surface area contributed by atoms with Crippen LogP contribution < -0.4 is 21.3 Å². The topological polar surface area (TPSA) is 143 Å². The molecule has 200 valence electrons. The molecule has 0 aliphatic carbocycles. The molecule has 1 amide bonds. The predicted molar refractivity (Wildman–Crippen MR) is 159 cm³/mol. The van der Waals surface area contributed by atoms with Crippen molar-refractivity contribution in [2.75, 3.05) is 22.5 Å². The Morgan fingerprint density at radius 3 is 2.75 bits per heavy atom. The minimum atomic E-state index is -0.212. The van der Waals surface area contributed by atoms with E-state index in [-0.39, 0.29) is 5.91 Å². The number of hydrogen-bond acceptors (Lipinski definition) is 7. The Labute approximate surface area is 235 Å². The first-order valence-corrected chi connectivity index (χ1v) is 13.6. The van der Waals surface area contributed by atoms with E-state index in [1.54, 1.807) is 24.7 Å². The standard InChI is InChI=1S/C29H27N9OS/c30-19-36-29(34-12-4-9-26-32-14-15-33-26)38-22-6-3-5-21(17-22)37-28(39)27-25(11-16-40-27)35-18-20-10-13-31-24-8-2-1-7-23(20)24/h1-3,5-8,10-11,13-17,35H,4,9,12,18H2,(H,32,33)(H,37,39)(H2,34,36,38). The first-order chi connectivity index (χ1) is 19.7. The maximum Gasteiger partial charge on any atom is 0.267 e. The summed E-state index contributed by atoms with van der Waals surface area (Å²) in [4.78, 5) is 29.9. The molecule has 0 aliphatic heterocycles. The molecule has 5 N–H and O–H groups in total. The molecule has 0 unspecified atom stereocenters. The summed E-state index contributed by atoms with van der Waals surface area (Å²) >= 11 is 1.37. The third-order valence-electron chi connectivity index (χ3n) is 6.03. The first kappa shape index (κ1) is 26.4. The summed E-state index contributed by atoms with van der Waals surface area (Å²) in [6, 6.07) is 19.1. The number of nitrogens with one attached hydrogen (secondary N) is 5. The van der Waals surface area contributed by atoms with Gasteiger partial charge in [-0.25, -0.2) is 4.98 Å². The zero-order valence-corrected chi connectivity index (χ0v) is 22.3. The minimum Gasteiger partial charge on any atom is -0.380 e. The molecule has 2 aromatic carbocycles. The number of hydrogen-bond donors (Lipinski definition) is 5. The first-order valence-electron chi connectivity index (χ1n) is 12.7. The monoisotopic (exact) mass is 549 g/mol. The van der Waals surface area contributed by atoms with Crippen molar-refractivity contribution >= 4 is 51.2 Å². The van der Waals surface area contributed by atoms with Crippen LogP contribution in [0.4, 0.5) is 17.1 Å². The molecule has 0 atom stereocenters. The van der Waals surface area contributed by atoms with Gasteiger partial charge in [-0.15, -0.1) is 11.3 Å². The SMILES string of the molecule is N#CNC(=NCCCc1ncc[nH]1)Nc1cccc(NC(=O)c2sccc2NCc2ccnc3ccccc23)c1. The highest BCUT2D eigenvalue weighted by molar-refractivity contribution is 7.12. The summed E-state index contributed by atoms with van der Waals surface area (Å²) < 4.78 is 0. The number of H-pyrrole nitrogens is 1. The third kappa shape index (κ3) is 6.80. The molecule has 0 saturated carbocycles. The number of nitrogens with zero attached hydrogens (tertiary/aromatic N) is 4. The van der Waals surface area contributed by atoms with E-state index >= 15 is 0 Å². The van der Waals surface area contributed by atoms with E-state index in [0.717, 1.165) is 40.8 Å². The van der Waals surface area contributed by atoms with E-state index in [9.17, 15) is 4.79 Å². The van der Waals surface area contributed by atoms with E-state index < -0.39 is 0 Å². The Bertz CT molecular complexity index is 1650. The number of nitriles is 1. The van der Waals surface area contributed by atoms with Crippen LogP contribution in [0.3, 0.4) is 0 Å². The second kappa shape index (κ2) is 13.0. The van der Waals surface area contributed by atoms with Gasteiger partial charge in [-0.05, 0) is 53.8 Å². The van der Waals surface area contributed by atoms with Crippen LogP contribution in [0.2, 0.25) is 0 Å². The summed E-state index contributed by atoms with van der Waals surface area (Å²) in [6.45, 7) is 1.08. The van der Waals surface area contributed by atoms with Crippen molar-refractivity contribution in [1.82, 2.24) is 20.3 Å². The van der Waals surface area contributed by atoms with Gasteiger partial charge in [0.15, 0.2) is 6.19 Å². The number of para-hydroxylation sites is 1. The summed E-state index contributed by atoms with van der Waals surface area (Å²) in [5.74, 6) is 1.02. The van der Waals surface area contributed by atoms with Crippen LogP contribution >= 0.6 is 11.3 Å². The number of amides is 1. The number of carbonyl (C=O) groups is 1. The molecule has 0 saturated heterocycles. The maximum atomic E-state index is 13.2. The zero-order valence-electron chi connectivity index (χ0n) is 21.5. The number of guanidine groups is 1. The number of benzene rings is 2. The average Bonchev–Trinajstić information content (AvgIpc) is 3.67. The Morgan fingerprint density at radius 2 is 1.90 bits per heavy atom. The molecule has 0 bridgehead atoms. The number of aromatic amines is 1. The van der Waals surface area contributed by atoms with Crippen LogP contribution in [0, 0.1) is 11.5 Å². The van der Waals surface area contributed by atoms with E-state index in [4.69, 9.17) is 5.26 Å². The number of anilines is 3. The van der Waals surface area contributed by atoms with Crippen molar-refractivity contribution in [1.29, 1.82) is 5.26 Å². The zero-order chi connectivity index (χ0) is 27.6. The molecule has 0 fully saturated rings. The number of aryl methyl sites for hydroxylation is 1. The maximum absolute atomic E-state index is 13.2. The van der Waals surface area contributed by atoms with Crippen LogP contribution in [-0.2, 0) is 13.0 Å². The quantitative estimate of drug-likeness (QED) is 0.0519. The second-order valence-electron chi connectivity index (χ2n) is 8.77. The molecule has 5 rings (SSSR count). The van der Waals surface area contributed by atoms with Crippen molar-refractivity contribution in [3.63, 3.8) is 0 Å². The molecular weight excluding hydrogens is 522 g/mol. The lowest BCUT2D eigenvalue weighted by Gasteiger charge is -2.12. The number of imidazole rings is 1. The van der Waals surface area contributed by atoms with Crippen molar-refractivity contribution in [3.05, 3.63) is 101 Å². The molecule has 3 aromatic heterocycles. The van der Waals surface area contributed by atoms with Gasteiger partial charge in [0.05, 0.1) is 11.2 Å². The van der Waals surface area contributed by atoms with Gasteiger partial charge in [-0.2, -0.15) is 5.26 Å². The highest BCUT2D eigenvalue weighted by atomic mass is 32.1. The van der Waals surface area contributed by atoms with Crippen LogP contribution in [-0.4, -0.2) is 33.4 Å². The Hall–Kier alpha value is -5.21. The molecule has 3 heterocycles. The average molecular weight is 550 g/mol. The van der Waals surface area contributed by atoms with E-state index in [1.165, 1.54) is 11.3 Å². The fourth-order valence-corrected chi connectivity index (χ4v) is 4.92. The van der Waals surface area contributed by atoms with Crippen LogP contribution in [0.25, 0.3) is 10.9 Å². The van der Waals surface area contributed by atoms with Crippen molar-refractivity contribution in [2.24, 2.45) is 4.99 Å². The van der Waals surface area contributed by atoms with Gasteiger partial charge in [-0.3, -0.25) is 20.1 Å². The van der Waals surface area contributed by atoms with Gasteiger partial charge < -0.3 is 20.9 Å². The number of rotatable bonds is 10. The summed E-state index contributed by atoms with van der Waals surface area (Å²) in [5.41, 5.74) is 4.10. The molecule has 0 radical (unpaired) electrons. The second-order valence-corrected chi connectivity index (χ2v) is 9.69. The Kier molecular flexibility index (Phi) is 8.60.